The second-order valence-corrected chi connectivity index (χ2v) is 7.43. The Morgan fingerprint density at radius 2 is 1.94 bits per heavy atom. The van der Waals surface area contributed by atoms with Crippen LogP contribution in [0.15, 0.2) is 0 Å². The van der Waals surface area contributed by atoms with Gasteiger partial charge in [-0.2, -0.15) is 4.31 Å². The van der Waals surface area contributed by atoms with Crippen LogP contribution in [0.3, 0.4) is 0 Å². The van der Waals surface area contributed by atoms with E-state index >= 15 is 0 Å². The van der Waals surface area contributed by atoms with Crippen LogP contribution in [0.1, 0.15) is 38.5 Å². The number of piperidine rings is 1. The number of nitrogens with zero attached hydrogens (tertiary/aromatic N) is 1. The number of hydrogen-bond donors (Lipinski definition) is 2. The zero-order valence-corrected chi connectivity index (χ0v) is 11.7. The molecule has 5 nitrogen and oxygen atoms in total. The molecular formula is C12H24N2O3S. The van der Waals surface area contributed by atoms with Crippen LogP contribution in [-0.2, 0) is 10.0 Å². The van der Waals surface area contributed by atoms with Gasteiger partial charge in [-0.05, 0) is 51.6 Å². The Bertz CT molecular complexity index is 352. The number of aliphatic hydroxyl groups excluding tert-OH is 1. The monoisotopic (exact) mass is 276 g/mol. The molecule has 0 aromatic heterocycles. The lowest BCUT2D eigenvalue weighted by molar-refractivity contribution is 0.263. The van der Waals surface area contributed by atoms with Crippen molar-refractivity contribution in [3.8, 4) is 0 Å². The predicted molar refractivity (Wildman–Crippen MR) is 70.9 cm³/mol. The molecule has 0 aliphatic carbocycles. The lowest BCUT2D eigenvalue weighted by Gasteiger charge is -2.31. The highest BCUT2D eigenvalue weighted by Crippen LogP contribution is 2.28. The van der Waals surface area contributed by atoms with Crippen molar-refractivity contribution in [3.63, 3.8) is 0 Å². The summed E-state index contributed by atoms with van der Waals surface area (Å²) >= 11 is 0. The molecule has 2 fully saturated rings. The number of sulfonamides is 1. The van der Waals surface area contributed by atoms with E-state index in [1.807, 2.05) is 0 Å². The third-order valence-corrected chi connectivity index (χ3v) is 6.50. The molecule has 2 heterocycles. The van der Waals surface area contributed by atoms with E-state index < -0.39 is 10.0 Å². The fourth-order valence-corrected chi connectivity index (χ4v) is 5.27. The van der Waals surface area contributed by atoms with Gasteiger partial charge in [-0.15, -0.1) is 0 Å². The highest BCUT2D eigenvalue weighted by Gasteiger charge is 2.39. The zero-order chi connectivity index (χ0) is 13.0. The molecule has 1 atom stereocenters. The minimum atomic E-state index is -3.13. The molecule has 2 N–H and O–H groups in total. The van der Waals surface area contributed by atoms with Crippen LogP contribution in [0.2, 0.25) is 0 Å². The van der Waals surface area contributed by atoms with Gasteiger partial charge in [-0.25, -0.2) is 8.42 Å². The maximum absolute atomic E-state index is 12.6. The summed E-state index contributed by atoms with van der Waals surface area (Å²) < 4.78 is 26.9. The van der Waals surface area contributed by atoms with Crippen molar-refractivity contribution >= 4 is 10.0 Å². The molecule has 2 saturated heterocycles. The van der Waals surface area contributed by atoms with Crippen molar-refractivity contribution in [2.45, 2.75) is 49.8 Å². The van der Waals surface area contributed by atoms with Crippen molar-refractivity contribution in [2.75, 3.05) is 26.2 Å². The van der Waals surface area contributed by atoms with E-state index in [0.29, 0.717) is 13.0 Å². The average molecular weight is 276 g/mol. The van der Waals surface area contributed by atoms with Gasteiger partial charge in [0.2, 0.25) is 10.0 Å². The minimum Gasteiger partial charge on any atom is -0.396 e. The van der Waals surface area contributed by atoms with Crippen LogP contribution in [0, 0.1) is 0 Å². The lowest BCUT2D eigenvalue weighted by atomic mass is 10.1. The molecule has 6 heteroatoms. The molecule has 0 amide bonds. The maximum atomic E-state index is 12.6. The third-order valence-electron chi connectivity index (χ3n) is 4.05. The lowest BCUT2D eigenvalue weighted by Crippen LogP contribution is -2.45. The first-order valence-corrected chi connectivity index (χ1v) is 8.49. The average Bonchev–Trinajstić information content (AvgIpc) is 2.86. The molecule has 0 radical (unpaired) electrons. The number of nitrogens with one attached hydrogen (secondary N) is 1. The highest BCUT2D eigenvalue weighted by atomic mass is 32.2. The van der Waals surface area contributed by atoms with E-state index in [4.69, 9.17) is 5.11 Å². The Kier molecular flexibility index (Phi) is 5.00. The van der Waals surface area contributed by atoms with Crippen LogP contribution in [-0.4, -0.2) is 55.4 Å². The van der Waals surface area contributed by atoms with Crippen molar-refractivity contribution in [2.24, 2.45) is 0 Å². The van der Waals surface area contributed by atoms with E-state index in [0.717, 1.165) is 45.2 Å². The standard InChI is InChI=1S/C12H24N2O3S/c15-10-2-4-11-3-1-9-14(11)18(16,17)12-5-7-13-8-6-12/h11-13,15H,1-10H2. The predicted octanol–water partition coefficient (Wildman–Crippen LogP) is 0.305. The van der Waals surface area contributed by atoms with Crippen molar-refractivity contribution in [3.05, 3.63) is 0 Å². The van der Waals surface area contributed by atoms with Crippen molar-refractivity contribution < 1.29 is 13.5 Å². The molecule has 0 aromatic rings. The normalized spacial score (nSPS) is 27.7. The molecule has 2 aliphatic heterocycles. The number of rotatable bonds is 5. The van der Waals surface area contributed by atoms with Crippen LogP contribution >= 0.6 is 0 Å². The van der Waals surface area contributed by atoms with Crippen LogP contribution in [0.25, 0.3) is 0 Å². The first-order valence-electron chi connectivity index (χ1n) is 6.98. The van der Waals surface area contributed by atoms with Gasteiger partial charge in [0.25, 0.3) is 0 Å². The number of hydrogen-bond acceptors (Lipinski definition) is 4. The Morgan fingerprint density at radius 1 is 1.22 bits per heavy atom. The molecular weight excluding hydrogens is 252 g/mol. The third kappa shape index (κ3) is 3.04. The van der Waals surface area contributed by atoms with E-state index in [9.17, 15) is 8.42 Å². The Morgan fingerprint density at radius 3 is 2.61 bits per heavy atom. The van der Waals surface area contributed by atoms with Crippen LogP contribution < -0.4 is 5.32 Å². The Hall–Kier alpha value is -0.170. The van der Waals surface area contributed by atoms with Crippen molar-refractivity contribution in [1.29, 1.82) is 0 Å². The van der Waals surface area contributed by atoms with Gasteiger partial charge in [-0.3, -0.25) is 0 Å². The van der Waals surface area contributed by atoms with Gasteiger partial charge < -0.3 is 10.4 Å². The van der Waals surface area contributed by atoms with Crippen LogP contribution in [0.5, 0.6) is 0 Å². The Balaban J connectivity index is 2.03. The first-order chi connectivity index (χ1) is 8.66. The molecule has 0 aromatic carbocycles. The van der Waals surface area contributed by atoms with Gasteiger partial charge in [0, 0.05) is 19.2 Å². The summed E-state index contributed by atoms with van der Waals surface area (Å²) in [5, 5.41) is 11.9. The summed E-state index contributed by atoms with van der Waals surface area (Å²) in [5.74, 6) is 0. The van der Waals surface area contributed by atoms with Gasteiger partial charge in [-0.1, -0.05) is 0 Å². The molecule has 18 heavy (non-hydrogen) atoms. The smallest absolute Gasteiger partial charge is 0.217 e. The molecule has 106 valence electrons. The van der Waals surface area contributed by atoms with Gasteiger partial charge in [0.05, 0.1) is 5.25 Å². The summed E-state index contributed by atoms with van der Waals surface area (Å²) in [6.45, 7) is 2.43. The quantitative estimate of drug-likeness (QED) is 0.758. The topological polar surface area (TPSA) is 69.6 Å². The summed E-state index contributed by atoms with van der Waals surface area (Å²) in [5.41, 5.74) is 0. The van der Waals surface area contributed by atoms with E-state index in [1.54, 1.807) is 4.31 Å². The fourth-order valence-electron chi connectivity index (χ4n) is 3.04. The summed E-state index contributed by atoms with van der Waals surface area (Å²) in [4.78, 5) is 0. The fraction of sp³-hybridized carbons (Fsp3) is 1.00. The summed E-state index contributed by atoms with van der Waals surface area (Å²) in [6, 6.07) is 0.122. The maximum Gasteiger partial charge on any atom is 0.217 e. The molecule has 0 bridgehead atoms. The van der Waals surface area contributed by atoms with Gasteiger partial charge >= 0.3 is 0 Å². The highest BCUT2D eigenvalue weighted by molar-refractivity contribution is 7.89. The molecule has 1 unspecified atom stereocenters. The van der Waals surface area contributed by atoms with Crippen LogP contribution in [0.4, 0.5) is 0 Å². The minimum absolute atomic E-state index is 0.122. The van der Waals surface area contributed by atoms with E-state index in [-0.39, 0.29) is 17.9 Å². The number of aliphatic hydroxyl groups is 1. The molecule has 2 aliphatic rings. The van der Waals surface area contributed by atoms with Crippen molar-refractivity contribution in [1.82, 2.24) is 9.62 Å². The zero-order valence-electron chi connectivity index (χ0n) is 10.8. The second kappa shape index (κ2) is 6.32. The van der Waals surface area contributed by atoms with Gasteiger partial charge in [0.1, 0.15) is 0 Å². The second-order valence-electron chi connectivity index (χ2n) is 5.27. The SMILES string of the molecule is O=S(=O)(C1CCNCC1)N1CCCC1CCCO. The Labute approximate surface area is 110 Å². The molecule has 0 saturated carbocycles. The first kappa shape index (κ1) is 14.2. The summed E-state index contributed by atoms with van der Waals surface area (Å²) in [6.07, 6.45) is 4.85. The van der Waals surface area contributed by atoms with E-state index in [1.165, 1.54) is 0 Å². The molecule has 0 spiro atoms. The van der Waals surface area contributed by atoms with E-state index in [2.05, 4.69) is 5.32 Å². The largest absolute Gasteiger partial charge is 0.396 e. The summed E-state index contributed by atoms with van der Waals surface area (Å²) in [7, 11) is -3.13. The van der Waals surface area contributed by atoms with Gasteiger partial charge in [0.15, 0.2) is 0 Å². The molecule has 2 rings (SSSR count).